The number of nitro groups is 1. The molecule has 0 aliphatic rings. The number of benzene rings is 6. The van der Waals surface area contributed by atoms with Gasteiger partial charge in [0.05, 0.1) is 54.6 Å². The van der Waals surface area contributed by atoms with Crippen LogP contribution in [0.3, 0.4) is 0 Å². The third kappa shape index (κ3) is 37.4. The maximum absolute atomic E-state index is 11.2. The minimum atomic E-state index is -10.7. The molecule has 9 rings (SSSR count). The summed E-state index contributed by atoms with van der Waals surface area (Å²) in [7, 11) is -1.05. The number of nitro benzene ring substituents is 1. The Morgan fingerprint density at radius 2 is 0.841 bits per heavy atom. The van der Waals surface area contributed by atoms with Crippen LogP contribution >= 0.6 is 7.81 Å². The van der Waals surface area contributed by atoms with Gasteiger partial charge in [0.25, 0.3) is 5.69 Å². The number of ether oxygens (including phenoxy) is 1. The number of carboxylic acids is 1. The average Bonchev–Trinajstić information content (AvgIpc) is 1.37. The number of H-pyrrole nitrogens is 3. The molecule has 0 aliphatic carbocycles. The van der Waals surface area contributed by atoms with E-state index in [1.165, 1.54) is 51.6 Å². The summed E-state index contributed by atoms with van der Waals surface area (Å²) < 4.78 is 65.9. The molecule has 9 aromatic rings. The zero-order chi connectivity index (χ0) is 82.0. The van der Waals surface area contributed by atoms with E-state index in [1.54, 1.807) is 37.6 Å². The summed E-state index contributed by atoms with van der Waals surface area (Å²) >= 11 is 0. The molecular weight excluding hydrogens is 1390 g/mol. The van der Waals surface area contributed by atoms with Crippen LogP contribution < -0.4 is 5.73 Å². The van der Waals surface area contributed by atoms with Gasteiger partial charge in [-0.2, -0.15) is 15.3 Å². The van der Waals surface area contributed by atoms with Crippen LogP contribution in [0.5, 0.6) is 0 Å². The topological polar surface area (TPSA) is 245 Å². The Bertz CT molecular complexity index is 4220. The van der Waals surface area contributed by atoms with Crippen LogP contribution in [-0.4, -0.2) is 115 Å². The van der Waals surface area contributed by atoms with Gasteiger partial charge < -0.3 is 25.6 Å². The number of carbonyl (C=O) groups is 2. The molecule has 24 heteroatoms. The first kappa shape index (κ1) is 93.4. The van der Waals surface area contributed by atoms with E-state index < -0.39 is 13.8 Å². The van der Waals surface area contributed by atoms with Crippen molar-refractivity contribution in [2.45, 2.75) is 177 Å². The molecule has 0 atom stereocenters. The van der Waals surface area contributed by atoms with Gasteiger partial charge in [0.2, 0.25) is 0 Å². The van der Waals surface area contributed by atoms with Crippen molar-refractivity contribution >= 4 is 42.9 Å². The Morgan fingerprint density at radius 3 is 1.15 bits per heavy atom. The van der Waals surface area contributed by atoms with Crippen molar-refractivity contribution in [1.82, 2.24) is 35.5 Å². The number of hydrogen-bond donors (Lipinski definition) is 6. The third-order valence-corrected chi connectivity index (χ3v) is 15.6. The molecule has 0 fully saturated rings. The molecule has 586 valence electrons. The first-order valence-electron chi connectivity index (χ1n) is 34.8. The number of methoxy groups -OCH3 is 1. The molecule has 0 radical (unpaired) electrons. The van der Waals surface area contributed by atoms with E-state index >= 15 is 0 Å². The Morgan fingerprint density at radius 1 is 0.523 bits per heavy atom. The number of nitrogens with one attached hydrogen (secondary N) is 3. The van der Waals surface area contributed by atoms with E-state index in [0.717, 1.165) is 44.6 Å². The molecule has 0 saturated carbocycles. The summed E-state index contributed by atoms with van der Waals surface area (Å²) in [6.45, 7) is 40.9. The third-order valence-electron chi connectivity index (χ3n) is 15.6. The van der Waals surface area contributed by atoms with Crippen molar-refractivity contribution in [3.05, 3.63) is 237 Å². The van der Waals surface area contributed by atoms with Gasteiger partial charge in [-0.25, -0.2) is 4.58 Å². The van der Waals surface area contributed by atoms with Gasteiger partial charge in [-0.15, -0.1) is 0 Å². The fourth-order valence-electron chi connectivity index (χ4n) is 9.61. The summed E-state index contributed by atoms with van der Waals surface area (Å²) in [6.07, 6.45) is 15.4. The van der Waals surface area contributed by atoms with Crippen LogP contribution in [0.15, 0.2) is 177 Å². The number of hydrogen-bond acceptors (Lipinski definition) is 11. The molecular formula is C83H115F6N10O7P. The second kappa shape index (κ2) is 38.7. The van der Waals surface area contributed by atoms with E-state index in [1.807, 2.05) is 116 Å². The SMILES string of the molecule is CC(C)(C)c1ccc(-c2cn[nH]c2)c(N)c1.CC(C)(C)c1ccc(-c2cn[nH]c2)c([N+](=O)[O-])c1.CC(C)(C)c1ccc(-c2cn[nH]c2)cc1.CC(C)(C)c1ccc(CC(=O)O)cc1.CCO.CN(C)/C=C(/C=[N+](C)C)c1ccc(C(C)(C)C)cc1.COC(=O)Cc1ccc(C(C)(C)C)cc1.F[P-](F)(F)(F)(F)F. The van der Waals surface area contributed by atoms with Gasteiger partial charge in [-0.1, -0.05) is 240 Å². The molecule has 6 aromatic carbocycles. The Hall–Kier alpha value is -9.73. The normalized spacial score (nSPS) is 12.2. The van der Waals surface area contributed by atoms with Crippen LogP contribution in [0.25, 0.3) is 39.0 Å². The van der Waals surface area contributed by atoms with Crippen LogP contribution in [0.1, 0.15) is 182 Å². The number of anilines is 1. The Labute approximate surface area is 629 Å². The molecule has 107 heavy (non-hydrogen) atoms. The number of nitrogens with two attached hydrogens (primary N) is 1. The summed E-state index contributed by atoms with van der Waals surface area (Å²) in [5.41, 5.74) is 25.1. The monoisotopic (exact) mass is 1510 g/mol. The molecule has 17 nitrogen and oxygen atoms in total. The van der Waals surface area contributed by atoms with Gasteiger partial charge in [0.1, 0.15) is 14.1 Å². The first-order chi connectivity index (χ1) is 48.8. The molecule has 0 bridgehead atoms. The first-order valence-corrected chi connectivity index (χ1v) is 36.8. The molecule has 0 unspecified atom stereocenters. The number of carbonyl (C=O) groups excluding carboxylic acids is 1. The van der Waals surface area contributed by atoms with Crippen molar-refractivity contribution in [3.63, 3.8) is 0 Å². The number of nitrogens with zero attached hydrogens (tertiary/aromatic N) is 6. The van der Waals surface area contributed by atoms with Crippen LogP contribution in [0.2, 0.25) is 0 Å². The van der Waals surface area contributed by atoms with Gasteiger partial charge in [-0.3, -0.25) is 35.0 Å². The number of aliphatic carboxylic acids is 1. The van der Waals surface area contributed by atoms with E-state index in [-0.39, 0.29) is 62.1 Å². The number of nitrogen functional groups attached to an aromatic ring is 1. The molecule has 0 amide bonds. The van der Waals surface area contributed by atoms with E-state index in [9.17, 15) is 44.9 Å². The van der Waals surface area contributed by atoms with Gasteiger partial charge in [0.15, 0.2) is 6.21 Å². The van der Waals surface area contributed by atoms with E-state index in [0.29, 0.717) is 12.0 Å². The number of rotatable bonds is 11. The van der Waals surface area contributed by atoms with Crippen molar-refractivity contribution in [3.8, 4) is 33.4 Å². The number of esters is 1. The predicted molar refractivity (Wildman–Crippen MR) is 428 cm³/mol. The number of aromatic amines is 3. The molecule has 0 saturated heterocycles. The number of aliphatic hydroxyl groups is 1. The second-order valence-electron chi connectivity index (χ2n) is 32.0. The average molecular weight is 1510 g/mol. The van der Waals surface area contributed by atoms with Crippen molar-refractivity contribution < 1.29 is 59.2 Å². The fraction of sp³-hybridized carbons (Fsp3) is 0.398. The zero-order valence-corrected chi connectivity index (χ0v) is 67.7. The van der Waals surface area contributed by atoms with Crippen molar-refractivity contribution in [2.75, 3.05) is 47.6 Å². The van der Waals surface area contributed by atoms with E-state index in [4.69, 9.17) is 15.9 Å². The summed E-state index contributed by atoms with van der Waals surface area (Å²) in [6, 6.07) is 45.0. The summed E-state index contributed by atoms with van der Waals surface area (Å²) in [5.74, 6) is -0.980. The molecule has 3 heterocycles. The van der Waals surface area contributed by atoms with Crippen LogP contribution in [-0.2, 0) is 59.7 Å². The Balaban J connectivity index is 0.000000426. The minimum absolute atomic E-state index is 0.102. The number of aliphatic hydroxyl groups excluding tert-OH is 1. The quantitative estimate of drug-likeness (QED) is 0.0103. The van der Waals surface area contributed by atoms with Gasteiger partial charge in [-0.05, 0) is 107 Å². The molecule has 0 aliphatic heterocycles. The van der Waals surface area contributed by atoms with Crippen molar-refractivity contribution in [1.29, 1.82) is 0 Å². The van der Waals surface area contributed by atoms with Gasteiger partial charge in [0, 0.05) is 79.5 Å². The Kier molecular flexibility index (Phi) is 33.8. The van der Waals surface area contributed by atoms with Crippen LogP contribution in [0, 0.1) is 10.1 Å². The summed E-state index contributed by atoms with van der Waals surface area (Å²) in [4.78, 5) is 34.4. The fourth-order valence-corrected chi connectivity index (χ4v) is 9.61. The second-order valence-corrected chi connectivity index (χ2v) is 34.0. The zero-order valence-electron chi connectivity index (χ0n) is 66.9. The van der Waals surface area contributed by atoms with Crippen LogP contribution in [0.4, 0.5) is 36.6 Å². The number of aromatic nitrogens is 6. The molecule has 3 aromatic heterocycles. The standard InChI is InChI=1S/C17H27N2.C13H15N3O2.C13H17N3.C13H16N2.C13H18O2.C12H16O2.C2H6O.F6P/c1-17(2,3)16-10-8-14(9-11-16)15(12-18(4)5)13-19(6)7;1-13(2,3)10-4-5-11(9-7-14-15-8-9)12(6-10)16(17)18;1-13(2,3)10-4-5-11(12(14)6-10)9-7-15-16-8-9;1-13(2,3)12-6-4-10(5-7-12)11-8-14-15-9-11;1-13(2,3)11-7-5-10(6-8-11)9-12(14)15-4;1-12(2,3)10-6-4-9(5-7-10)8-11(13)14;1-2-3;1-7(2,3,4,5)6/h8-13H,1-7H3;4-8H,1-3H3,(H,14,15);4-8H,14H2,1-3H3,(H,15,16);4-9H,1-3H3,(H,14,15);5-8H,9H2,1-4H3;4-7H,8H2,1-3H3,(H,13,14);3H,2H2,1H3;/q+1;;;;;;;-1. The number of halogens is 6. The number of allylic oxidation sites excluding steroid dienone is 1. The molecule has 7 N–H and O–H groups in total. The van der Waals surface area contributed by atoms with Crippen molar-refractivity contribution in [2.24, 2.45) is 0 Å². The molecule has 0 spiro atoms. The number of carboxylic acid groups (broad SMARTS) is 1. The predicted octanol–water partition coefficient (Wildman–Crippen LogP) is 21.5. The summed E-state index contributed by atoms with van der Waals surface area (Å²) in [5, 5.41) is 47.3. The maximum atomic E-state index is 11.2. The van der Waals surface area contributed by atoms with E-state index in [2.05, 4.69) is 234 Å². The van der Waals surface area contributed by atoms with Gasteiger partial charge >= 0.3 is 44.9 Å².